The average Bonchev–Trinajstić information content (AvgIpc) is 2.88. The highest BCUT2D eigenvalue weighted by Gasteiger charge is 2.26. The summed E-state index contributed by atoms with van der Waals surface area (Å²) in [7, 11) is 0. The van der Waals surface area contributed by atoms with Crippen LogP contribution in [0, 0.1) is 12.8 Å². The summed E-state index contributed by atoms with van der Waals surface area (Å²) in [6, 6.07) is 0. The summed E-state index contributed by atoms with van der Waals surface area (Å²) in [6.45, 7) is 11.3. The first-order valence-electron chi connectivity index (χ1n) is 8.43. The van der Waals surface area contributed by atoms with Gasteiger partial charge in [0.05, 0.1) is 10.7 Å². The van der Waals surface area contributed by atoms with Crippen molar-refractivity contribution in [1.82, 2.24) is 15.2 Å². The molecule has 1 aromatic heterocycles. The Kier molecular flexibility index (Phi) is 6.41. The van der Waals surface area contributed by atoms with Crippen molar-refractivity contribution >= 4 is 17.4 Å². The molecule has 130 valence electrons. The zero-order valence-corrected chi connectivity index (χ0v) is 15.5. The first-order valence-corrected chi connectivity index (χ1v) is 9.31. The molecule has 1 N–H and O–H groups in total. The summed E-state index contributed by atoms with van der Waals surface area (Å²) in [5.74, 6) is 0.644. The molecular weight excluding hydrogens is 310 g/mol. The van der Waals surface area contributed by atoms with Gasteiger partial charge in [-0.2, -0.15) is 0 Å². The molecule has 0 radical (unpaired) electrons. The Morgan fingerprint density at radius 3 is 2.70 bits per heavy atom. The second kappa shape index (κ2) is 8.11. The van der Waals surface area contributed by atoms with E-state index in [1.54, 1.807) is 11.3 Å². The molecule has 0 saturated carbocycles. The van der Waals surface area contributed by atoms with E-state index in [0.717, 1.165) is 50.4 Å². The Bertz CT molecular complexity index is 502. The van der Waals surface area contributed by atoms with Crippen molar-refractivity contribution in [2.45, 2.75) is 52.6 Å². The lowest BCUT2D eigenvalue weighted by Gasteiger charge is -2.33. The van der Waals surface area contributed by atoms with Gasteiger partial charge in [-0.25, -0.2) is 9.78 Å². The number of amides is 1. The smallest absolute Gasteiger partial charge is 0.410 e. The number of piperidine rings is 1. The first-order chi connectivity index (χ1) is 10.8. The van der Waals surface area contributed by atoms with Gasteiger partial charge in [0.25, 0.3) is 0 Å². The van der Waals surface area contributed by atoms with Crippen molar-refractivity contribution in [2.24, 2.45) is 5.92 Å². The molecule has 0 atom stereocenters. The van der Waals surface area contributed by atoms with E-state index in [-0.39, 0.29) is 6.09 Å². The zero-order valence-electron chi connectivity index (χ0n) is 14.7. The van der Waals surface area contributed by atoms with Crippen molar-refractivity contribution < 1.29 is 9.53 Å². The highest BCUT2D eigenvalue weighted by atomic mass is 32.1. The number of carbonyl (C=O) groups is 1. The maximum atomic E-state index is 12.0. The Morgan fingerprint density at radius 2 is 2.13 bits per heavy atom. The van der Waals surface area contributed by atoms with Crippen molar-refractivity contribution in [2.75, 3.05) is 26.2 Å². The number of aromatic nitrogens is 1. The molecule has 1 fully saturated rings. The average molecular weight is 340 g/mol. The van der Waals surface area contributed by atoms with E-state index in [0.29, 0.717) is 5.92 Å². The van der Waals surface area contributed by atoms with E-state index < -0.39 is 5.60 Å². The van der Waals surface area contributed by atoms with Crippen LogP contribution in [0.2, 0.25) is 0 Å². The first kappa shape index (κ1) is 18.2. The fraction of sp³-hybridized carbons (Fsp3) is 0.765. The van der Waals surface area contributed by atoms with E-state index in [2.05, 4.69) is 15.7 Å². The maximum absolute atomic E-state index is 12.0. The lowest BCUT2D eigenvalue weighted by molar-refractivity contribution is 0.0184. The molecule has 5 nitrogen and oxygen atoms in total. The summed E-state index contributed by atoms with van der Waals surface area (Å²) >= 11 is 1.71. The molecular formula is C17H29N3O2S. The van der Waals surface area contributed by atoms with Crippen LogP contribution >= 0.6 is 11.3 Å². The molecule has 1 saturated heterocycles. The van der Waals surface area contributed by atoms with Crippen molar-refractivity contribution in [3.8, 4) is 0 Å². The minimum Gasteiger partial charge on any atom is -0.444 e. The van der Waals surface area contributed by atoms with Crippen LogP contribution in [0.4, 0.5) is 4.79 Å². The molecule has 23 heavy (non-hydrogen) atoms. The fourth-order valence-corrected chi connectivity index (χ4v) is 3.34. The number of likely N-dealkylation sites (tertiary alicyclic amines) is 1. The van der Waals surface area contributed by atoms with Gasteiger partial charge in [-0.15, -0.1) is 11.3 Å². The largest absolute Gasteiger partial charge is 0.444 e. The number of nitrogens with zero attached hydrogens (tertiary/aromatic N) is 2. The van der Waals surface area contributed by atoms with Crippen LogP contribution in [0.1, 0.15) is 44.3 Å². The Morgan fingerprint density at radius 1 is 1.43 bits per heavy atom. The van der Waals surface area contributed by atoms with E-state index in [9.17, 15) is 4.79 Å². The molecule has 1 amide bonds. The van der Waals surface area contributed by atoms with Crippen LogP contribution in [-0.4, -0.2) is 47.8 Å². The predicted octanol–water partition coefficient (Wildman–Crippen LogP) is 3.23. The normalized spacial score (nSPS) is 16.6. The molecule has 1 aliphatic heterocycles. The Balaban J connectivity index is 1.60. The summed E-state index contributed by atoms with van der Waals surface area (Å²) in [5.41, 5.74) is 0.767. The van der Waals surface area contributed by atoms with Gasteiger partial charge < -0.3 is 15.0 Å². The number of hydrogen-bond donors (Lipinski definition) is 1. The predicted molar refractivity (Wildman–Crippen MR) is 94.0 cm³/mol. The Labute approximate surface area is 143 Å². The number of carbonyl (C=O) groups excluding carboxylic acids is 1. The minimum absolute atomic E-state index is 0.178. The van der Waals surface area contributed by atoms with E-state index >= 15 is 0 Å². The molecule has 1 aromatic rings. The van der Waals surface area contributed by atoms with Crippen LogP contribution in [-0.2, 0) is 11.2 Å². The van der Waals surface area contributed by atoms with Crippen molar-refractivity contribution in [1.29, 1.82) is 0 Å². The molecule has 0 bridgehead atoms. The Hall–Kier alpha value is -1.14. The topological polar surface area (TPSA) is 54.5 Å². The molecule has 0 unspecified atom stereocenters. The van der Waals surface area contributed by atoms with E-state index in [1.165, 1.54) is 5.69 Å². The number of nitrogens with one attached hydrogen (secondary N) is 1. The summed E-state index contributed by atoms with van der Waals surface area (Å²) in [6.07, 6.45) is 2.90. The maximum Gasteiger partial charge on any atom is 0.410 e. The lowest BCUT2D eigenvalue weighted by Crippen LogP contribution is -2.43. The molecule has 2 heterocycles. The third kappa shape index (κ3) is 6.47. The van der Waals surface area contributed by atoms with Crippen LogP contribution in [0.5, 0.6) is 0 Å². The molecule has 6 heteroatoms. The molecule has 1 aliphatic rings. The molecule has 2 rings (SSSR count). The van der Waals surface area contributed by atoms with Gasteiger partial charge in [0.15, 0.2) is 0 Å². The number of ether oxygens (including phenoxy) is 1. The molecule has 0 aliphatic carbocycles. The van der Waals surface area contributed by atoms with E-state index in [4.69, 9.17) is 4.74 Å². The lowest BCUT2D eigenvalue weighted by atomic mass is 9.97. The van der Waals surface area contributed by atoms with Gasteiger partial charge in [0.1, 0.15) is 5.60 Å². The standard InChI is InChI=1S/C17H29N3O2S/c1-13-19-15(12-23-13)5-8-18-11-14-6-9-20(10-7-14)16(21)22-17(2,3)4/h12,14,18H,5-11H2,1-4H3. The molecule has 0 spiro atoms. The highest BCUT2D eigenvalue weighted by Crippen LogP contribution is 2.19. The van der Waals surface area contributed by atoms with Gasteiger partial charge in [0.2, 0.25) is 0 Å². The SMILES string of the molecule is Cc1nc(CCNCC2CCN(C(=O)OC(C)(C)C)CC2)cs1. The summed E-state index contributed by atoms with van der Waals surface area (Å²) < 4.78 is 5.43. The molecule has 0 aromatic carbocycles. The highest BCUT2D eigenvalue weighted by molar-refractivity contribution is 7.09. The van der Waals surface area contributed by atoms with Crippen LogP contribution < -0.4 is 5.32 Å². The monoisotopic (exact) mass is 339 g/mol. The fourth-order valence-electron chi connectivity index (χ4n) is 2.69. The second-order valence-electron chi connectivity index (χ2n) is 7.22. The van der Waals surface area contributed by atoms with E-state index in [1.807, 2.05) is 32.6 Å². The van der Waals surface area contributed by atoms with Crippen LogP contribution in [0.15, 0.2) is 5.38 Å². The number of rotatable bonds is 5. The minimum atomic E-state index is -0.413. The number of thiazole rings is 1. The zero-order chi connectivity index (χ0) is 16.9. The summed E-state index contributed by atoms with van der Waals surface area (Å²) in [4.78, 5) is 18.3. The van der Waals surface area contributed by atoms with Gasteiger partial charge in [0, 0.05) is 31.4 Å². The van der Waals surface area contributed by atoms with Crippen molar-refractivity contribution in [3.63, 3.8) is 0 Å². The second-order valence-corrected chi connectivity index (χ2v) is 8.28. The third-order valence-electron chi connectivity index (χ3n) is 3.92. The van der Waals surface area contributed by atoms with Crippen LogP contribution in [0.3, 0.4) is 0 Å². The van der Waals surface area contributed by atoms with Gasteiger partial charge in [-0.1, -0.05) is 0 Å². The number of hydrogen-bond acceptors (Lipinski definition) is 5. The van der Waals surface area contributed by atoms with Crippen LogP contribution in [0.25, 0.3) is 0 Å². The van der Waals surface area contributed by atoms with Gasteiger partial charge >= 0.3 is 6.09 Å². The summed E-state index contributed by atoms with van der Waals surface area (Å²) in [5, 5.41) is 6.79. The van der Waals surface area contributed by atoms with Gasteiger partial charge in [-0.3, -0.25) is 0 Å². The number of aryl methyl sites for hydroxylation is 1. The van der Waals surface area contributed by atoms with Gasteiger partial charge in [-0.05, 0) is 53.0 Å². The third-order valence-corrected chi connectivity index (χ3v) is 4.75. The quantitative estimate of drug-likeness (QED) is 0.837. The van der Waals surface area contributed by atoms with Crippen molar-refractivity contribution in [3.05, 3.63) is 16.1 Å².